The zero-order valence-electron chi connectivity index (χ0n) is 9.56. The minimum Gasteiger partial charge on any atom is -0.485 e. The van der Waals surface area contributed by atoms with Crippen molar-refractivity contribution in [3.8, 4) is 11.5 Å². The van der Waals surface area contributed by atoms with Gasteiger partial charge in [-0.15, -0.1) is 0 Å². The summed E-state index contributed by atoms with van der Waals surface area (Å²) in [4.78, 5) is 22.5. The molecular formula is C12H12O5. The highest BCUT2D eigenvalue weighted by atomic mass is 16.6. The van der Waals surface area contributed by atoms with Crippen molar-refractivity contribution in [2.24, 2.45) is 0 Å². The van der Waals surface area contributed by atoms with Crippen molar-refractivity contribution in [3.63, 3.8) is 0 Å². The summed E-state index contributed by atoms with van der Waals surface area (Å²) in [6, 6.07) is 4.86. The summed E-state index contributed by atoms with van der Waals surface area (Å²) in [6.07, 6.45) is -0.699. The van der Waals surface area contributed by atoms with Gasteiger partial charge in [0.15, 0.2) is 12.7 Å². The number of hydrogen-bond donors (Lipinski definition) is 0. The van der Waals surface area contributed by atoms with Gasteiger partial charge >= 0.3 is 5.97 Å². The van der Waals surface area contributed by atoms with E-state index in [0.717, 1.165) is 0 Å². The number of carbonyl (C=O) groups excluding carboxylic acids is 2. The van der Waals surface area contributed by atoms with Crippen LogP contribution in [0.25, 0.3) is 0 Å². The van der Waals surface area contributed by atoms with Crippen LogP contribution in [0.1, 0.15) is 17.3 Å². The van der Waals surface area contributed by atoms with Crippen LogP contribution in [0.5, 0.6) is 11.5 Å². The van der Waals surface area contributed by atoms with Gasteiger partial charge in [-0.25, -0.2) is 4.79 Å². The van der Waals surface area contributed by atoms with E-state index in [-0.39, 0.29) is 12.4 Å². The number of hydrogen-bond acceptors (Lipinski definition) is 5. The molecule has 1 aliphatic heterocycles. The number of fused-ring (bicyclic) bond motifs is 1. The van der Waals surface area contributed by atoms with Crippen LogP contribution in [0.15, 0.2) is 18.2 Å². The summed E-state index contributed by atoms with van der Waals surface area (Å²) < 4.78 is 15.1. The number of carbonyl (C=O) groups is 2. The maximum Gasteiger partial charge on any atom is 0.346 e. The van der Waals surface area contributed by atoms with Crippen LogP contribution < -0.4 is 9.47 Å². The van der Waals surface area contributed by atoms with Crippen molar-refractivity contribution in [2.45, 2.75) is 13.0 Å². The molecule has 0 spiro atoms. The van der Waals surface area contributed by atoms with Gasteiger partial charge in [-0.05, 0) is 19.1 Å². The Hall–Kier alpha value is -2.04. The van der Waals surface area contributed by atoms with Crippen molar-refractivity contribution in [3.05, 3.63) is 23.8 Å². The minimum absolute atomic E-state index is 0.0485. The van der Waals surface area contributed by atoms with E-state index >= 15 is 0 Å². The first-order chi connectivity index (χ1) is 8.11. The van der Waals surface area contributed by atoms with Crippen LogP contribution in [-0.4, -0.2) is 31.6 Å². The fraction of sp³-hybridized carbons (Fsp3) is 0.333. The summed E-state index contributed by atoms with van der Waals surface area (Å²) in [5.74, 6) is 0.455. The standard InChI is InChI=1S/C12H12O5/c1-7(12(14)15-2)17-8-3-4-9-10(13)6-16-11(9)5-8/h3-5,7H,6H2,1-2H3/t7-/m0/s1. The molecule has 0 radical (unpaired) electrons. The Morgan fingerprint density at radius 2 is 2.24 bits per heavy atom. The molecule has 0 unspecified atom stereocenters. The lowest BCUT2D eigenvalue weighted by Gasteiger charge is -2.12. The second-order valence-electron chi connectivity index (χ2n) is 3.65. The van der Waals surface area contributed by atoms with Crippen LogP contribution in [0.4, 0.5) is 0 Å². The largest absolute Gasteiger partial charge is 0.485 e. The molecular weight excluding hydrogens is 224 g/mol. The monoisotopic (exact) mass is 236 g/mol. The third-order valence-electron chi connectivity index (χ3n) is 2.46. The number of rotatable bonds is 3. The smallest absolute Gasteiger partial charge is 0.346 e. The lowest BCUT2D eigenvalue weighted by molar-refractivity contribution is -0.147. The van der Waals surface area contributed by atoms with Crippen molar-refractivity contribution >= 4 is 11.8 Å². The predicted molar refractivity (Wildman–Crippen MR) is 58.4 cm³/mol. The molecule has 0 saturated carbocycles. The molecule has 1 atom stereocenters. The number of benzene rings is 1. The van der Waals surface area contributed by atoms with Crippen molar-refractivity contribution in [1.29, 1.82) is 0 Å². The molecule has 0 amide bonds. The van der Waals surface area contributed by atoms with Crippen molar-refractivity contribution in [2.75, 3.05) is 13.7 Å². The topological polar surface area (TPSA) is 61.8 Å². The van der Waals surface area contributed by atoms with Crippen LogP contribution in [-0.2, 0) is 9.53 Å². The number of methoxy groups -OCH3 is 1. The average Bonchev–Trinajstić information content (AvgIpc) is 2.69. The minimum atomic E-state index is -0.699. The first kappa shape index (κ1) is 11.4. The summed E-state index contributed by atoms with van der Waals surface area (Å²) in [7, 11) is 1.30. The summed E-state index contributed by atoms with van der Waals surface area (Å²) in [6.45, 7) is 1.65. The van der Waals surface area contributed by atoms with Gasteiger partial charge in [-0.1, -0.05) is 0 Å². The molecule has 1 aromatic rings. The molecule has 5 nitrogen and oxygen atoms in total. The fourth-order valence-corrected chi connectivity index (χ4v) is 1.56. The summed E-state index contributed by atoms with van der Waals surface area (Å²) >= 11 is 0. The summed E-state index contributed by atoms with van der Waals surface area (Å²) in [5.41, 5.74) is 0.545. The third kappa shape index (κ3) is 2.22. The number of ether oxygens (including phenoxy) is 3. The Morgan fingerprint density at radius 1 is 1.47 bits per heavy atom. The zero-order valence-corrected chi connectivity index (χ0v) is 9.56. The van der Waals surface area contributed by atoms with Crippen molar-refractivity contribution < 1.29 is 23.8 Å². The maximum atomic E-state index is 11.3. The lowest BCUT2D eigenvalue weighted by Crippen LogP contribution is -2.24. The van der Waals surface area contributed by atoms with Crippen LogP contribution >= 0.6 is 0 Å². The first-order valence-corrected chi connectivity index (χ1v) is 5.16. The molecule has 0 aromatic heterocycles. The molecule has 0 N–H and O–H groups in total. The van der Waals surface area contributed by atoms with E-state index in [0.29, 0.717) is 17.1 Å². The number of ketones is 1. The average molecular weight is 236 g/mol. The SMILES string of the molecule is COC(=O)[C@H](C)Oc1ccc2c(c1)OCC2=O. The third-order valence-corrected chi connectivity index (χ3v) is 2.46. The van der Waals surface area contributed by atoms with Gasteiger partial charge in [0.1, 0.15) is 11.5 Å². The van der Waals surface area contributed by atoms with E-state index in [1.54, 1.807) is 25.1 Å². The Labute approximate surface area is 98.3 Å². The Kier molecular flexibility index (Phi) is 2.99. The van der Waals surface area contributed by atoms with Crippen LogP contribution in [0.2, 0.25) is 0 Å². The van der Waals surface area contributed by atoms with E-state index in [1.807, 2.05) is 0 Å². The Bertz CT molecular complexity index is 466. The van der Waals surface area contributed by atoms with Gasteiger partial charge in [0.25, 0.3) is 0 Å². The molecule has 1 aromatic carbocycles. The second kappa shape index (κ2) is 4.45. The Morgan fingerprint density at radius 3 is 2.94 bits per heavy atom. The fourth-order valence-electron chi connectivity index (χ4n) is 1.56. The van der Waals surface area contributed by atoms with Gasteiger partial charge in [-0.2, -0.15) is 0 Å². The highest BCUT2D eigenvalue weighted by molar-refractivity contribution is 6.02. The number of Topliss-reactive ketones (excluding diaryl/α,β-unsaturated/α-hetero) is 1. The van der Waals surface area contributed by atoms with Crippen LogP contribution in [0.3, 0.4) is 0 Å². The Balaban J connectivity index is 2.14. The quantitative estimate of drug-likeness (QED) is 0.738. The van der Waals surface area contributed by atoms with E-state index in [1.165, 1.54) is 7.11 Å². The highest BCUT2D eigenvalue weighted by Crippen LogP contribution is 2.29. The lowest BCUT2D eigenvalue weighted by atomic mass is 10.1. The summed E-state index contributed by atoms with van der Waals surface area (Å²) in [5, 5.41) is 0. The second-order valence-corrected chi connectivity index (χ2v) is 3.65. The molecule has 2 rings (SSSR count). The molecule has 90 valence electrons. The van der Waals surface area contributed by atoms with Gasteiger partial charge in [-0.3, -0.25) is 4.79 Å². The highest BCUT2D eigenvalue weighted by Gasteiger charge is 2.22. The van der Waals surface area contributed by atoms with E-state index in [4.69, 9.17) is 9.47 Å². The molecule has 1 heterocycles. The maximum absolute atomic E-state index is 11.3. The first-order valence-electron chi connectivity index (χ1n) is 5.16. The number of esters is 1. The normalized spacial score (nSPS) is 14.8. The van der Waals surface area contributed by atoms with Gasteiger partial charge in [0.05, 0.1) is 12.7 Å². The predicted octanol–water partition coefficient (Wildman–Crippen LogP) is 1.20. The van der Waals surface area contributed by atoms with Gasteiger partial charge in [0, 0.05) is 6.07 Å². The van der Waals surface area contributed by atoms with Crippen molar-refractivity contribution in [1.82, 2.24) is 0 Å². The van der Waals surface area contributed by atoms with Gasteiger partial charge < -0.3 is 14.2 Å². The molecule has 0 bridgehead atoms. The molecule has 5 heteroatoms. The molecule has 0 saturated heterocycles. The van der Waals surface area contributed by atoms with E-state index in [2.05, 4.69) is 4.74 Å². The van der Waals surface area contributed by atoms with Crippen LogP contribution in [0, 0.1) is 0 Å². The molecule has 1 aliphatic rings. The zero-order chi connectivity index (χ0) is 12.4. The molecule has 0 aliphatic carbocycles. The van der Waals surface area contributed by atoms with E-state index in [9.17, 15) is 9.59 Å². The molecule has 0 fully saturated rings. The molecule has 17 heavy (non-hydrogen) atoms. The van der Waals surface area contributed by atoms with E-state index < -0.39 is 12.1 Å². The van der Waals surface area contributed by atoms with Gasteiger partial charge in [0.2, 0.25) is 5.78 Å².